The van der Waals surface area contributed by atoms with E-state index in [0.29, 0.717) is 24.6 Å². The van der Waals surface area contributed by atoms with E-state index in [-0.39, 0.29) is 11.9 Å². The van der Waals surface area contributed by atoms with Gasteiger partial charge in [-0.15, -0.1) is 0 Å². The van der Waals surface area contributed by atoms with Crippen LogP contribution in [-0.4, -0.2) is 22.2 Å². The van der Waals surface area contributed by atoms with Crippen molar-refractivity contribution < 1.29 is 4.79 Å². The normalized spacial score (nSPS) is 12.2. The molecule has 1 unspecified atom stereocenters. The fourth-order valence-corrected chi connectivity index (χ4v) is 3.32. The molecule has 29 heavy (non-hydrogen) atoms. The second-order valence-electron chi connectivity index (χ2n) is 7.92. The molecule has 3 rings (SSSR count). The van der Waals surface area contributed by atoms with Crippen LogP contribution in [0.4, 0.5) is 0 Å². The summed E-state index contributed by atoms with van der Waals surface area (Å²) in [7, 11) is 0. The summed E-state index contributed by atoms with van der Waals surface area (Å²) in [5, 5.41) is 7.41. The van der Waals surface area contributed by atoms with Crippen molar-refractivity contribution in [2.24, 2.45) is 5.73 Å². The Hall–Kier alpha value is -2.92. The molecule has 0 saturated carbocycles. The fourth-order valence-electron chi connectivity index (χ4n) is 3.32. The van der Waals surface area contributed by atoms with Crippen LogP contribution in [0, 0.1) is 13.8 Å². The van der Waals surface area contributed by atoms with Crippen LogP contribution in [0.5, 0.6) is 0 Å². The summed E-state index contributed by atoms with van der Waals surface area (Å²) in [5.74, 6) is 0.376. The van der Waals surface area contributed by atoms with Crippen LogP contribution in [0.2, 0.25) is 0 Å². The highest BCUT2D eigenvalue weighted by molar-refractivity contribution is 5.94. The van der Waals surface area contributed by atoms with E-state index in [1.807, 2.05) is 54.9 Å². The monoisotopic (exact) mass is 390 g/mol. The van der Waals surface area contributed by atoms with Gasteiger partial charge in [0.2, 0.25) is 0 Å². The van der Waals surface area contributed by atoms with E-state index < -0.39 is 0 Å². The molecule has 5 heteroatoms. The lowest BCUT2D eigenvalue weighted by Crippen LogP contribution is -2.31. The first-order chi connectivity index (χ1) is 13.8. The van der Waals surface area contributed by atoms with E-state index in [1.54, 1.807) is 0 Å². The Morgan fingerprint density at radius 1 is 1.03 bits per heavy atom. The van der Waals surface area contributed by atoms with Gasteiger partial charge < -0.3 is 11.1 Å². The molecule has 0 aliphatic heterocycles. The Bertz CT molecular complexity index is 956. The second-order valence-corrected chi connectivity index (χ2v) is 7.92. The SMILES string of the molecule is Cc1cc(C)n(Cc2ccc(C(=O)NCC(N)c3ccc(C(C)C)cc3)cc2)n1. The van der Waals surface area contributed by atoms with Crippen molar-refractivity contribution in [2.45, 2.75) is 46.2 Å². The number of rotatable bonds is 7. The lowest BCUT2D eigenvalue weighted by Gasteiger charge is -2.15. The predicted octanol–water partition coefficient (Wildman–Crippen LogP) is 4.10. The van der Waals surface area contributed by atoms with Crippen LogP contribution in [-0.2, 0) is 6.54 Å². The lowest BCUT2D eigenvalue weighted by molar-refractivity contribution is 0.0951. The number of nitrogens with zero attached hydrogens (tertiary/aromatic N) is 2. The molecule has 1 amide bonds. The van der Waals surface area contributed by atoms with E-state index >= 15 is 0 Å². The van der Waals surface area contributed by atoms with Gasteiger partial charge in [0, 0.05) is 23.8 Å². The minimum Gasteiger partial charge on any atom is -0.350 e. The zero-order chi connectivity index (χ0) is 21.0. The van der Waals surface area contributed by atoms with Crippen molar-refractivity contribution in [3.63, 3.8) is 0 Å². The topological polar surface area (TPSA) is 72.9 Å². The summed E-state index contributed by atoms with van der Waals surface area (Å²) in [4.78, 5) is 12.5. The highest BCUT2D eigenvalue weighted by Gasteiger charge is 2.11. The number of amides is 1. The summed E-state index contributed by atoms with van der Waals surface area (Å²) < 4.78 is 1.97. The first-order valence-corrected chi connectivity index (χ1v) is 10.1. The van der Waals surface area contributed by atoms with Gasteiger partial charge in [-0.1, -0.05) is 50.2 Å². The minimum absolute atomic E-state index is 0.114. The van der Waals surface area contributed by atoms with Gasteiger partial charge in [0.15, 0.2) is 0 Å². The van der Waals surface area contributed by atoms with Gasteiger partial charge in [0.05, 0.1) is 12.2 Å². The third kappa shape index (κ3) is 5.33. The van der Waals surface area contributed by atoms with Gasteiger partial charge in [-0.3, -0.25) is 9.48 Å². The van der Waals surface area contributed by atoms with Gasteiger partial charge in [0.1, 0.15) is 0 Å². The molecule has 0 aliphatic carbocycles. The number of carbonyl (C=O) groups excluding carboxylic acids is 1. The van der Waals surface area contributed by atoms with E-state index in [0.717, 1.165) is 22.5 Å². The van der Waals surface area contributed by atoms with E-state index in [2.05, 4.69) is 42.5 Å². The van der Waals surface area contributed by atoms with E-state index in [9.17, 15) is 4.79 Å². The predicted molar refractivity (Wildman–Crippen MR) is 117 cm³/mol. The smallest absolute Gasteiger partial charge is 0.251 e. The Morgan fingerprint density at radius 2 is 1.66 bits per heavy atom. The zero-order valence-corrected chi connectivity index (χ0v) is 17.6. The van der Waals surface area contributed by atoms with Crippen LogP contribution in [0.1, 0.15) is 64.2 Å². The molecule has 0 saturated heterocycles. The molecule has 3 aromatic rings. The number of carbonyl (C=O) groups is 1. The first kappa shape index (κ1) is 20.8. The molecule has 1 aromatic heterocycles. The molecule has 0 aliphatic rings. The number of aryl methyl sites for hydroxylation is 2. The molecule has 0 radical (unpaired) electrons. The summed E-state index contributed by atoms with van der Waals surface area (Å²) in [6.45, 7) is 9.45. The van der Waals surface area contributed by atoms with Gasteiger partial charge in [-0.25, -0.2) is 0 Å². The van der Waals surface area contributed by atoms with Crippen LogP contribution < -0.4 is 11.1 Å². The van der Waals surface area contributed by atoms with Crippen molar-refractivity contribution >= 4 is 5.91 Å². The van der Waals surface area contributed by atoms with Crippen LogP contribution >= 0.6 is 0 Å². The number of hydrogen-bond acceptors (Lipinski definition) is 3. The van der Waals surface area contributed by atoms with Crippen LogP contribution in [0.25, 0.3) is 0 Å². The van der Waals surface area contributed by atoms with Crippen molar-refractivity contribution in [2.75, 3.05) is 6.54 Å². The third-order valence-electron chi connectivity index (χ3n) is 5.17. The number of hydrogen-bond donors (Lipinski definition) is 2. The van der Waals surface area contributed by atoms with E-state index in [1.165, 1.54) is 5.56 Å². The number of nitrogens with two attached hydrogens (primary N) is 1. The minimum atomic E-state index is -0.231. The van der Waals surface area contributed by atoms with Crippen molar-refractivity contribution in [3.05, 3.63) is 88.2 Å². The molecule has 2 aromatic carbocycles. The van der Waals surface area contributed by atoms with Gasteiger partial charge in [-0.05, 0) is 54.7 Å². The average Bonchev–Trinajstić information content (AvgIpc) is 3.03. The molecule has 0 fully saturated rings. The van der Waals surface area contributed by atoms with Crippen molar-refractivity contribution in [3.8, 4) is 0 Å². The molecule has 3 N–H and O–H groups in total. The number of aromatic nitrogens is 2. The van der Waals surface area contributed by atoms with Gasteiger partial charge in [0.25, 0.3) is 5.91 Å². The molecular formula is C24H30N4O. The van der Waals surface area contributed by atoms with Crippen molar-refractivity contribution in [1.82, 2.24) is 15.1 Å². The Kier molecular flexibility index (Phi) is 6.49. The maximum Gasteiger partial charge on any atom is 0.251 e. The summed E-state index contributed by atoms with van der Waals surface area (Å²) in [6, 6.07) is 17.7. The lowest BCUT2D eigenvalue weighted by atomic mass is 9.99. The van der Waals surface area contributed by atoms with Crippen LogP contribution in [0.15, 0.2) is 54.6 Å². The maximum atomic E-state index is 12.5. The molecule has 0 bridgehead atoms. The first-order valence-electron chi connectivity index (χ1n) is 10.1. The standard InChI is InChI=1S/C24H30N4O/c1-16(2)20-9-11-21(12-10-20)23(25)14-26-24(29)22-7-5-19(6-8-22)15-28-18(4)13-17(3)27-28/h5-13,16,23H,14-15,25H2,1-4H3,(H,26,29). The molecule has 152 valence electrons. The summed E-state index contributed by atoms with van der Waals surface area (Å²) in [5.41, 5.74) is 12.4. The second kappa shape index (κ2) is 9.05. The van der Waals surface area contributed by atoms with Gasteiger partial charge in [-0.2, -0.15) is 5.10 Å². The maximum absolute atomic E-state index is 12.5. The summed E-state index contributed by atoms with van der Waals surface area (Å²) >= 11 is 0. The van der Waals surface area contributed by atoms with E-state index in [4.69, 9.17) is 5.73 Å². The number of nitrogens with one attached hydrogen (secondary N) is 1. The molecule has 0 spiro atoms. The van der Waals surface area contributed by atoms with Gasteiger partial charge >= 0.3 is 0 Å². The molecule has 5 nitrogen and oxygen atoms in total. The average molecular weight is 391 g/mol. The van der Waals surface area contributed by atoms with Crippen molar-refractivity contribution in [1.29, 1.82) is 0 Å². The molecule has 1 heterocycles. The number of benzene rings is 2. The Morgan fingerprint density at radius 3 is 2.21 bits per heavy atom. The Balaban J connectivity index is 1.55. The largest absolute Gasteiger partial charge is 0.350 e. The highest BCUT2D eigenvalue weighted by atomic mass is 16.1. The fraction of sp³-hybridized carbons (Fsp3) is 0.333. The quantitative estimate of drug-likeness (QED) is 0.638. The Labute approximate surface area is 172 Å². The molecule has 1 atom stereocenters. The highest BCUT2D eigenvalue weighted by Crippen LogP contribution is 2.17. The van der Waals surface area contributed by atoms with Crippen LogP contribution in [0.3, 0.4) is 0 Å². The third-order valence-corrected chi connectivity index (χ3v) is 5.17. The molecular weight excluding hydrogens is 360 g/mol. The summed E-state index contributed by atoms with van der Waals surface area (Å²) in [6.07, 6.45) is 0. The zero-order valence-electron chi connectivity index (χ0n) is 17.6.